The monoisotopic (exact) mass is 874 g/mol. The average Bonchev–Trinajstić information content (AvgIpc) is 3.02. The van der Waals surface area contributed by atoms with E-state index in [-0.39, 0.29) is 40.8 Å². The van der Waals surface area contributed by atoms with Crippen molar-refractivity contribution in [2.45, 2.75) is 69.2 Å². The Hall–Kier alpha value is 1.80. The molecule has 2 aromatic rings. The van der Waals surface area contributed by atoms with Gasteiger partial charge in [-0.15, -0.1) is 0 Å². The minimum atomic E-state index is -0.474. The maximum Gasteiger partial charge on any atom is 0.214 e. The molecule has 0 nitrogen and oxygen atoms in total. The summed E-state index contributed by atoms with van der Waals surface area (Å²) >= 11 is 27.5. The Morgan fingerprint density at radius 3 is 0.812 bits per heavy atom. The van der Waals surface area contributed by atoms with Crippen LogP contribution in [-0.2, 0) is 40.8 Å². The van der Waals surface area contributed by atoms with Gasteiger partial charge < -0.3 is 0 Å². The van der Waals surface area contributed by atoms with Gasteiger partial charge >= 0.3 is 0 Å². The first kappa shape index (κ1) is 38.3. The molecule has 0 aliphatic rings. The number of halogens is 5. The topological polar surface area (TPSA) is 0 Å². The summed E-state index contributed by atoms with van der Waals surface area (Å²) in [6.07, 6.45) is 0. The molecule has 0 aliphatic heterocycles. The van der Waals surface area contributed by atoms with E-state index in [2.05, 4.69) is 69.2 Å². The first-order valence-corrected chi connectivity index (χ1v) is 12.1. The van der Waals surface area contributed by atoms with Crippen molar-refractivity contribution < 1.29 is 40.8 Å². The third-order valence-corrected chi connectivity index (χ3v) is 8.87. The van der Waals surface area contributed by atoms with Crippen LogP contribution in [0.1, 0.15) is 55.6 Å². The molecule has 176 valence electrons. The van der Waals surface area contributed by atoms with Gasteiger partial charge in [0.25, 0.3) is 0 Å². The first-order chi connectivity index (χ1) is 13.7. The quantitative estimate of drug-likeness (QED) is 0.222. The summed E-state index contributed by atoms with van der Waals surface area (Å²) in [5, 5.41) is 0. The first-order valence-electron chi connectivity index (χ1n) is 9.92. The standard InChI is InChI=1S/2C10H15.B5Cl5.2Re/c2*1-6-7(2)9(4)10(5)8(6)3;6-1-3(8)5(10)4(9)2-7;;/h2*1-5H3;;;/q2*-1;;;. The van der Waals surface area contributed by atoms with E-state index < -0.39 is 17.7 Å². The molecule has 32 heavy (non-hydrogen) atoms. The van der Waals surface area contributed by atoms with Crippen molar-refractivity contribution in [3.63, 3.8) is 0 Å². The minimum Gasteiger partial charge on any atom is -0.214 e. The van der Waals surface area contributed by atoms with E-state index in [0.717, 1.165) is 0 Å². The zero-order chi connectivity index (χ0) is 23.9. The van der Waals surface area contributed by atoms with Gasteiger partial charge in [-0.3, -0.25) is 0 Å². The molecule has 4 radical (unpaired) electrons. The van der Waals surface area contributed by atoms with E-state index >= 15 is 0 Å². The van der Waals surface area contributed by atoms with Crippen molar-refractivity contribution in [3.8, 4) is 0 Å². The summed E-state index contributed by atoms with van der Waals surface area (Å²) in [6.45, 7) is 24.5. The van der Waals surface area contributed by atoms with Gasteiger partial charge in [0, 0.05) is 40.8 Å². The van der Waals surface area contributed by atoms with Gasteiger partial charge in [0.05, 0.1) is 0 Å². The normalized spacial score (nSPS) is 9.22. The van der Waals surface area contributed by atoms with Gasteiger partial charge in [-0.2, -0.15) is 55.6 Å². The van der Waals surface area contributed by atoms with E-state index in [1.165, 1.54) is 68.8 Å². The zero-order valence-corrected chi connectivity index (χ0v) is 29.7. The Labute approximate surface area is 251 Å². The SMILES string of the molecule is Cc1c(C)c(C)[c-](C)c1C.Cc1c(C)c(C)[c-](C)c1C.Cl[B]B(Cl)B(Cl)B(Cl)[B]Cl.[Re].[Re]. The molecule has 0 aromatic heterocycles. The number of hydrogen-bond acceptors (Lipinski definition) is 0. The Bertz CT molecular complexity index is 600. The molecular formula is C20H30B5Cl5Re2-2. The predicted octanol–water partition coefficient (Wildman–Crippen LogP) is 7.43. The van der Waals surface area contributed by atoms with Gasteiger partial charge in [0.2, 0.25) is 30.9 Å². The van der Waals surface area contributed by atoms with Crippen LogP contribution in [-0.4, -0.2) is 30.9 Å². The van der Waals surface area contributed by atoms with Crippen molar-refractivity contribution in [3.05, 3.63) is 55.6 Å². The number of hydrogen-bond donors (Lipinski definition) is 0. The fourth-order valence-electron chi connectivity index (χ4n) is 3.13. The number of rotatable bonds is 4. The van der Waals surface area contributed by atoms with Crippen LogP contribution in [0.15, 0.2) is 0 Å². The summed E-state index contributed by atoms with van der Waals surface area (Å²) < 4.78 is 0. The van der Waals surface area contributed by atoms with Gasteiger partial charge in [0.1, 0.15) is 0 Å². The molecular weight excluding hydrogens is 844 g/mol. The van der Waals surface area contributed by atoms with E-state index in [9.17, 15) is 0 Å². The fourth-order valence-corrected chi connectivity index (χ4v) is 4.12. The van der Waals surface area contributed by atoms with Crippen LogP contribution < -0.4 is 0 Å². The predicted molar refractivity (Wildman–Crippen MR) is 149 cm³/mol. The molecule has 0 aliphatic carbocycles. The zero-order valence-electron chi connectivity index (χ0n) is 20.5. The van der Waals surface area contributed by atoms with E-state index in [4.69, 9.17) is 57.3 Å². The molecule has 0 N–H and O–H groups in total. The smallest absolute Gasteiger partial charge is 0.214 e. The molecule has 2 aromatic carbocycles. The Kier molecular flexibility index (Phi) is 21.7. The van der Waals surface area contributed by atoms with Crippen LogP contribution in [0.25, 0.3) is 0 Å². The van der Waals surface area contributed by atoms with Crippen molar-refractivity contribution in [1.82, 2.24) is 0 Å². The van der Waals surface area contributed by atoms with Crippen LogP contribution >= 0.6 is 57.3 Å². The molecule has 12 heteroatoms. The van der Waals surface area contributed by atoms with E-state index in [1.54, 1.807) is 0 Å². The second kappa shape index (κ2) is 18.1. The van der Waals surface area contributed by atoms with Crippen molar-refractivity contribution >= 4 is 88.2 Å². The van der Waals surface area contributed by atoms with Gasteiger partial charge in [-0.25, -0.2) is 57.3 Å². The van der Waals surface area contributed by atoms with Crippen LogP contribution in [0.2, 0.25) is 0 Å². The average molecular weight is 874 g/mol. The van der Waals surface area contributed by atoms with Gasteiger partial charge in [0.15, 0.2) is 0 Å². The molecule has 0 atom stereocenters. The molecule has 0 fully saturated rings. The van der Waals surface area contributed by atoms with Crippen LogP contribution in [0.4, 0.5) is 0 Å². The van der Waals surface area contributed by atoms with Crippen LogP contribution in [0, 0.1) is 69.2 Å². The van der Waals surface area contributed by atoms with E-state index in [1.807, 2.05) is 0 Å². The summed E-state index contributed by atoms with van der Waals surface area (Å²) in [7, 11) is 0. The van der Waals surface area contributed by atoms with E-state index in [0.29, 0.717) is 0 Å². The van der Waals surface area contributed by atoms with Gasteiger partial charge in [-0.05, 0) is 0 Å². The second-order valence-corrected chi connectivity index (χ2v) is 9.85. The minimum absolute atomic E-state index is 0. The molecule has 0 heterocycles. The Morgan fingerprint density at radius 1 is 0.531 bits per heavy atom. The largest absolute Gasteiger partial charge is 0.214 e. The third-order valence-electron chi connectivity index (χ3n) is 6.47. The molecule has 0 amide bonds. The van der Waals surface area contributed by atoms with Gasteiger partial charge in [-0.1, -0.05) is 69.2 Å². The second-order valence-electron chi connectivity index (χ2n) is 7.84. The summed E-state index contributed by atoms with van der Waals surface area (Å²) in [5.74, 6) is -1.42. The third kappa shape index (κ3) is 10.4. The Balaban J connectivity index is -0.000000382. The molecule has 0 bridgehead atoms. The molecule has 0 saturated heterocycles. The summed E-state index contributed by atoms with van der Waals surface area (Å²) in [5.41, 5.74) is 14.7. The fraction of sp³-hybridized carbons (Fsp3) is 0.500. The summed E-state index contributed by atoms with van der Waals surface area (Å²) in [6, 6.07) is 0. The molecule has 0 saturated carbocycles. The molecule has 0 unspecified atom stereocenters. The molecule has 2 rings (SSSR count). The Morgan fingerprint density at radius 2 is 0.719 bits per heavy atom. The van der Waals surface area contributed by atoms with Crippen molar-refractivity contribution in [1.29, 1.82) is 0 Å². The maximum atomic E-state index is 5.69. The summed E-state index contributed by atoms with van der Waals surface area (Å²) in [4.78, 5) is 0. The van der Waals surface area contributed by atoms with Crippen LogP contribution in [0.3, 0.4) is 0 Å². The molecule has 0 spiro atoms. The van der Waals surface area contributed by atoms with Crippen molar-refractivity contribution in [2.24, 2.45) is 0 Å². The van der Waals surface area contributed by atoms with Crippen LogP contribution in [0.5, 0.6) is 0 Å². The maximum absolute atomic E-state index is 5.69. The van der Waals surface area contributed by atoms with Crippen molar-refractivity contribution in [2.75, 3.05) is 0 Å².